The zero-order valence-corrected chi connectivity index (χ0v) is 16.9. The number of hydrogen-bond acceptors (Lipinski definition) is 7. The molecule has 0 spiro atoms. The Balaban J connectivity index is 1.86. The fraction of sp³-hybridized carbons (Fsp3) is 0.389. The van der Waals surface area contributed by atoms with Crippen molar-refractivity contribution in [1.82, 2.24) is 18.7 Å². The summed E-state index contributed by atoms with van der Waals surface area (Å²) in [4.78, 5) is 29.2. The predicted octanol–water partition coefficient (Wildman–Crippen LogP) is 0.604. The summed E-state index contributed by atoms with van der Waals surface area (Å²) in [7, 11) is 4.57. The van der Waals surface area contributed by atoms with Crippen molar-refractivity contribution in [3.05, 3.63) is 45.1 Å². The van der Waals surface area contributed by atoms with Crippen LogP contribution in [0.4, 0.5) is 0 Å². The van der Waals surface area contributed by atoms with Crippen LogP contribution in [0, 0.1) is 0 Å². The molecule has 0 fully saturated rings. The first-order valence-corrected chi connectivity index (χ1v) is 9.75. The van der Waals surface area contributed by atoms with Crippen LogP contribution < -0.4 is 20.7 Å². The van der Waals surface area contributed by atoms with Gasteiger partial charge in [0.25, 0.3) is 5.56 Å². The van der Waals surface area contributed by atoms with Gasteiger partial charge < -0.3 is 19.1 Å². The smallest absolute Gasteiger partial charge is 0.332 e. The Labute approximate surface area is 165 Å². The summed E-state index contributed by atoms with van der Waals surface area (Å²) in [5.74, 6) is 1.31. The predicted molar refractivity (Wildman–Crippen MR) is 106 cm³/mol. The molecule has 10 heteroatoms. The molecule has 2 aromatic heterocycles. The zero-order valence-electron chi connectivity index (χ0n) is 16.1. The first kappa shape index (κ1) is 20.0. The number of ether oxygens (including phenoxy) is 2. The van der Waals surface area contributed by atoms with Crippen LogP contribution >= 0.6 is 11.8 Å². The molecule has 0 aliphatic rings. The van der Waals surface area contributed by atoms with E-state index in [0.717, 1.165) is 4.57 Å². The Morgan fingerprint density at radius 1 is 1.14 bits per heavy atom. The van der Waals surface area contributed by atoms with E-state index in [1.54, 1.807) is 43.0 Å². The standard InChI is InChI=1S/C18H22N4O5S/c1-20-15-14(16(24)21(2)18(20)25)22(17(19-15)28-4)9-11(23)10-27-13-7-5-12(26-3)6-8-13/h5-8,11,23H,9-10H2,1-4H3/t11-/m0/s1. The highest BCUT2D eigenvalue weighted by molar-refractivity contribution is 7.98. The van der Waals surface area contributed by atoms with E-state index >= 15 is 0 Å². The third kappa shape index (κ3) is 3.65. The number of aromatic nitrogens is 4. The fourth-order valence-electron chi connectivity index (χ4n) is 2.88. The monoisotopic (exact) mass is 406 g/mol. The second-order valence-corrected chi connectivity index (χ2v) is 7.00. The second kappa shape index (κ2) is 8.11. The van der Waals surface area contributed by atoms with E-state index in [9.17, 15) is 14.7 Å². The van der Waals surface area contributed by atoms with Crippen LogP contribution in [0.25, 0.3) is 11.2 Å². The Bertz CT molecular complexity index is 1100. The highest BCUT2D eigenvalue weighted by Gasteiger charge is 2.20. The maximum Gasteiger partial charge on any atom is 0.332 e. The third-order valence-electron chi connectivity index (χ3n) is 4.39. The van der Waals surface area contributed by atoms with Gasteiger partial charge in [-0.3, -0.25) is 13.9 Å². The minimum atomic E-state index is -0.882. The van der Waals surface area contributed by atoms with E-state index in [2.05, 4.69) is 4.98 Å². The number of aliphatic hydroxyl groups excluding tert-OH is 1. The Morgan fingerprint density at radius 2 is 1.79 bits per heavy atom. The topological polar surface area (TPSA) is 101 Å². The summed E-state index contributed by atoms with van der Waals surface area (Å²) in [6.45, 7) is 0.141. The van der Waals surface area contributed by atoms with Gasteiger partial charge in [-0.25, -0.2) is 9.78 Å². The largest absolute Gasteiger partial charge is 0.497 e. The summed E-state index contributed by atoms with van der Waals surface area (Å²) < 4.78 is 14.7. The molecule has 0 unspecified atom stereocenters. The number of nitrogens with zero attached hydrogens (tertiary/aromatic N) is 4. The molecule has 1 N–H and O–H groups in total. The van der Waals surface area contributed by atoms with Gasteiger partial charge in [0.1, 0.15) is 24.2 Å². The molecule has 28 heavy (non-hydrogen) atoms. The summed E-state index contributed by atoms with van der Waals surface area (Å²) in [5.41, 5.74) is -0.328. The molecule has 0 radical (unpaired) electrons. The number of benzene rings is 1. The van der Waals surface area contributed by atoms with Gasteiger partial charge in [-0.15, -0.1) is 0 Å². The van der Waals surface area contributed by atoms with Crippen LogP contribution in [-0.4, -0.2) is 49.9 Å². The molecule has 1 aromatic carbocycles. The normalized spacial score (nSPS) is 12.3. The molecule has 0 amide bonds. The number of imidazole rings is 1. The maximum absolute atomic E-state index is 12.6. The van der Waals surface area contributed by atoms with Gasteiger partial charge in [-0.05, 0) is 30.5 Å². The van der Waals surface area contributed by atoms with Gasteiger partial charge in [0, 0.05) is 14.1 Å². The summed E-state index contributed by atoms with van der Waals surface area (Å²) in [5, 5.41) is 11.0. The van der Waals surface area contributed by atoms with Crippen molar-refractivity contribution in [2.45, 2.75) is 17.8 Å². The lowest BCUT2D eigenvalue weighted by molar-refractivity contribution is 0.0913. The van der Waals surface area contributed by atoms with Crippen LogP contribution in [0.3, 0.4) is 0 Å². The molecule has 0 bridgehead atoms. The zero-order chi connectivity index (χ0) is 20.4. The fourth-order valence-corrected chi connectivity index (χ4v) is 3.44. The summed E-state index contributed by atoms with van der Waals surface area (Å²) >= 11 is 1.33. The molecule has 3 aromatic rings. The van der Waals surface area contributed by atoms with Gasteiger partial charge in [0.15, 0.2) is 16.3 Å². The quantitative estimate of drug-likeness (QED) is 0.574. The Hall–Kier alpha value is -2.72. The molecule has 3 rings (SSSR count). The Kier molecular flexibility index (Phi) is 5.80. The highest BCUT2D eigenvalue weighted by Crippen LogP contribution is 2.21. The maximum atomic E-state index is 12.6. The lowest BCUT2D eigenvalue weighted by Gasteiger charge is -2.15. The van der Waals surface area contributed by atoms with Gasteiger partial charge >= 0.3 is 5.69 Å². The average molecular weight is 406 g/mol. The van der Waals surface area contributed by atoms with Gasteiger partial charge in [0.2, 0.25) is 0 Å². The number of hydrogen-bond donors (Lipinski definition) is 1. The van der Waals surface area contributed by atoms with Crippen LogP contribution in [0.5, 0.6) is 11.5 Å². The number of thioether (sulfide) groups is 1. The van der Waals surface area contributed by atoms with E-state index in [1.165, 1.54) is 23.4 Å². The van der Waals surface area contributed by atoms with E-state index < -0.39 is 17.4 Å². The number of fused-ring (bicyclic) bond motifs is 1. The molecular weight excluding hydrogens is 384 g/mol. The number of aryl methyl sites for hydroxylation is 1. The van der Waals surface area contributed by atoms with Gasteiger partial charge in [-0.1, -0.05) is 11.8 Å². The van der Waals surface area contributed by atoms with Crippen molar-refractivity contribution in [2.24, 2.45) is 14.1 Å². The lowest BCUT2D eigenvalue weighted by Crippen LogP contribution is -2.38. The van der Waals surface area contributed by atoms with Crippen molar-refractivity contribution in [2.75, 3.05) is 20.0 Å². The molecular formula is C18H22N4O5S. The second-order valence-electron chi connectivity index (χ2n) is 6.23. The number of aliphatic hydroxyl groups is 1. The lowest BCUT2D eigenvalue weighted by atomic mass is 10.3. The third-order valence-corrected chi connectivity index (χ3v) is 5.07. The van der Waals surface area contributed by atoms with Crippen LogP contribution in [0.2, 0.25) is 0 Å². The van der Waals surface area contributed by atoms with E-state index in [-0.39, 0.29) is 18.7 Å². The average Bonchev–Trinajstić information content (AvgIpc) is 3.07. The molecule has 150 valence electrons. The highest BCUT2D eigenvalue weighted by atomic mass is 32.2. The molecule has 0 aliphatic heterocycles. The van der Waals surface area contributed by atoms with Crippen molar-refractivity contribution in [1.29, 1.82) is 0 Å². The molecule has 0 aliphatic carbocycles. The van der Waals surface area contributed by atoms with Crippen molar-refractivity contribution in [3.63, 3.8) is 0 Å². The van der Waals surface area contributed by atoms with Crippen molar-refractivity contribution in [3.8, 4) is 11.5 Å². The molecule has 9 nitrogen and oxygen atoms in total. The Morgan fingerprint density at radius 3 is 2.39 bits per heavy atom. The van der Waals surface area contributed by atoms with Crippen LogP contribution in [-0.2, 0) is 20.6 Å². The van der Waals surface area contributed by atoms with Crippen molar-refractivity contribution >= 4 is 22.9 Å². The number of methoxy groups -OCH3 is 1. The van der Waals surface area contributed by atoms with E-state index in [0.29, 0.717) is 22.3 Å². The first-order valence-electron chi connectivity index (χ1n) is 8.52. The minimum Gasteiger partial charge on any atom is -0.497 e. The van der Waals surface area contributed by atoms with Crippen LogP contribution in [0.1, 0.15) is 0 Å². The summed E-state index contributed by atoms with van der Waals surface area (Å²) in [6.07, 6.45) is 0.938. The molecule has 0 saturated heterocycles. The van der Waals surface area contributed by atoms with E-state index in [4.69, 9.17) is 9.47 Å². The molecule has 0 saturated carbocycles. The van der Waals surface area contributed by atoms with Crippen LogP contribution in [0.15, 0.2) is 39.0 Å². The van der Waals surface area contributed by atoms with Gasteiger partial charge in [0.05, 0.1) is 13.7 Å². The SMILES string of the molecule is COc1ccc(OC[C@@H](O)Cn2c(SC)nc3c2c(=O)n(C)c(=O)n3C)cc1. The molecule has 1 atom stereocenters. The minimum absolute atomic E-state index is 0.0336. The van der Waals surface area contributed by atoms with Gasteiger partial charge in [-0.2, -0.15) is 0 Å². The number of rotatable bonds is 7. The first-order chi connectivity index (χ1) is 13.4. The summed E-state index contributed by atoms with van der Waals surface area (Å²) in [6, 6.07) is 7.02. The van der Waals surface area contributed by atoms with Crippen molar-refractivity contribution < 1.29 is 14.6 Å². The van der Waals surface area contributed by atoms with E-state index in [1.807, 2.05) is 6.26 Å². The molecule has 2 heterocycles.